The van der Waals surface area contributed by atoms with Crippen LogP contribution < -0.4 is 4.90 Å². The highest BCUT2D eigenvalue weighted by molar-refractivity contribution is 9.10. The quantitative estimate of drug-likeness (QED) is 0.788. The van der Waals surface area contributed by atoms with Crippen molar-refractivity contribution in [3.05, 3.63) is 64.6 Å². The van der Waals surface area contributed by atoms with Crippen LogP contribution in [0.1, 0.15) is 18.4 Å². The number of halogens is 1. The van der Waals surface area contributed by atoms with E-state index in [1.165, 1.54) is 5.56 Å². The number of anilines is 1. The van der Waals surface area contributed by atoms with Crippen molar-refractivity contribution in [2.45, 2.75) is 24.9 Å². The Morgan fingerprint density at radius 2 is 1.80 bits per heavy atom. The predicted octanol–water partition coefficient (Wildman–Crippen LogP) is 3.86. The molecule has 2 aliphatic rings. The van der Waals surface area contributed by atoms with Gasteiger partial charge in [-0.2, -0.15) is 0 Å². The van der Waals surface area contributed by atoms with Crippen molar-refractivity contribution in [3.8, 4) is 0 Å². The van der Waals surface area contributed by atoms with E-state index < -0.39 is 5.54 Å². The molecular weight excluding hydrogens is 378 g/mol. The summed E-state index contributed by atoms with van der Waals surface area (Å²) < 4.78 is 1.01. The van der Waals surface area contributed by atoms with Crippen LogP contribution in [0.3, 0.4) is 0 Å². The lowest BCUT2D eigenvalue weighted by Crippen LogP contribution is -2.56. The zero-order valence-corrected chi connectivity index (χ0v) is 15.5. The molecule has 4 nitrogen and oxygen atoms in total. The zero-order chi connectivity index (χ0) is 17.3. The summed E-state index contributed by atoms with van der Waals surface area (Å²) in [5.74, 6) is -0.00756. The largest absolute Gasteiger partial charge is 0.317 e. The van der Waals surface area contributed by atoms with Gasteiger partial charge in [0, 0.05) is 29.8 Å². The Bertz CT molecular complexity index is 798. The van der Waals surface area contributed by atoms with Crippen LogP contribution in [0.4, 0.5) is 5.69 Å². The summed E-state index contributed by atoms with van der Waals surface area (Å²) in [7, 11) is 0. The summed E-state index contributed by atoms with van der Waals surface area (Å²) in [5, 5.41) is 0. The van der Waals surface area contributed by atoms with Gasteiger partial charge in [0.25, 0.3) is 5.91 Å². The van der Waals surface area contributed by atoms with E-state index in [2.05, 4.69) is 55.0 Å². The fourth-order valence-corrected chi connectivity index (χ4v) is 4.15. The first-order valence-electron chi connectivity index (χ1n) is 8.57. The van der Waals surface area contributed by atoms with Crippen LogP contribution in [0.25, 0.3) is 0 Å². The second-order valence-electron chi connectivity index (χ2n) is 6.69. The molecule has 1 fully saturated rings. The van der Waals surface area contributed by atoms with Crippen LogP contribution >= 0.6 is 15.9 Å². The number of aliphatic imine (C=N–C) groups is 1. The Morgan fingerprint density at radius 3 is 2.52 bits per heavy atom. The lowest BCUT2D eigenvalue weighted by atomic mass is 9.85. The normalized spacial score (nSPS) is 19.7. The lowest BCUT2D eigenvalue weighted by molar-refractivity contribution is -0.123. The monoisotopic (exact) mass is 397 g/mol. The number of benzene rings is 2. The SMILES string of the molecule is O=C1N=CN(c2cccc(Br)c2)C12CCN(Cc1ccccc1)CC2. The van der Waals surface area contributed by atoms with Gasteiger partial charge in [0.1, 0.15) is 5.54 Å². The zero-order valence-electron chi connectivity index (χ0n) is 13.9. The van der Waals surface area contributed by atoms with Crippen molar-refractivity contribution in [2.75, 3.05) is 18.0 Å². The van der Waals surface area contributed by atoms with Gasteiger partial charge in [-0.15, -0.1) is 0 Å². The first kappa shape index (κ1) is 16.5. The Morgan fingerprint density at radius 1 is 1.04 bits per heavy atom. The number of nitrogens with zero attached hydrogens (tertiary/aromatic N) is 3. The number of likely N-dealkylation sites (tertiary alicyclic amines) is 1. The second-order valence-corrected chi connectivity index (χ2v) is 7.61. The van der Waals surface area contributed by atoms with Gasteiger partial charge in [-0.1, -0.05) is 52.3 Å². The fourth-order valence-electron chi connectivity index (χ4n) is 3.76. The van der Waals surface area contributed by atoms with E-state index >= 15 is 0 Å². The molecule has 0 N–H and O–H groups in total. The molecule has 0 aromatic heterocycles. The summed E-state index contributed by atoms with van der Waals surface area (Å²) in [6.07, 6.45) is 3.30. The van der Waals surface area contributed by atoms with E-state index in [0.29, 0.717) is 0 Å². The molecule has 0 radical (unpaired) electrons. The van der Waals surface area contributed by atoms with Gasteiger partial charge in [0.2, 0.25) is 0 Å². The van der Waals surface area contributed by atoms with E-state index in [0.717, 1.165) is 42.6 Å². The average Bonchev–Trinajstić information content (AvgIpc) is 2.94. The third-order valence-electron chi connectivity index (χ3n) is 5.17. The van der Waals surface area contributed by atoms with Gasteiger partial charge in [0.15, 0.2) is 0 Å². The maximum Gasteiger partial charge on any atom is 0.273 e. The molecular formula is C20H20BrN3O. The molecule has 0 bridgehead atoms. The van der Waals surface area contributed by atoms with Crippen molar-refractivity contribution in [2.24, 2.45) is 4.99 Å². The molecule has 2 aromatic carbocycles. The van der Waals surface area contributed by atoms with Gasteiger partial charge >= 0.3 is 0 Å². The number of carbonyl (C=O) groups excluding carboxylic acids is 1. The summed E-state index contributed by atoms with van der Waals surface area (Å²) in [6.45, 7) is 2.73. The topological polar surface area (TPSA) is 35.9 Å². The van der Waals surface area contributed by atoms with Crippen molar-refractivity contribution >= 4 is 33.9 Å². The Labute approximate surface area is 156 Å². The van der Waals surface area contributed by atoms with Crippen molar-refractivity contribution < 1.29 is 4.79 Å². The Hall–Kier alpha value is -1.98. The smallest absolute Gasteiger partial charge is 0.273 e. The van der Waals surface area contributed by atoms with Gasteiger partial charge in [-0.05, 0) is 36.6 Å². The molecule has 1 spiro atoms. The predicted molar refractivity (Wildman–Crippen MR) is 104 cm³/mol. The van der Waals surface area contributed by atoms with Gasteiger partial charge < -0.3 is 4.90 Å². The summed E-state index contributed by atoms with van der Waals surface area (Å²) in [6, 6.07) is 18.6. The van der Waals surface area contributed by atoms with Crippen molar-refractivity contribution in [3.63, 3.8) is 0 Å². The first-order valence-corrected chi connectivity index (χ1v) is 9.36. The van der Waals surface area contributed by atoms with E-state index in [1.807, 2.05) is 30.3 Å². The van der Waals surface area contributed by atoms with E-state index in [-0.39, 0.29) is 5.91 Å². The van der Waals surface area contributed by atoms with E-state index in [9.17, 15) is 4.79 Å². The second kappa shape index (κ2) is 6.73. The molecule has 2 aliphatic heterocycles. The number of hydrogen-bond donors (Lipinski definition) is 0. The number of amides is 1. The fraction of sp³-hybridized carbons (Fsp3) is 0.300. The first-order chi connectivity index (χ1) is 12.2. The Balaban J connectivity index is 1.51. The molecule has 0 saturated carbocycles. The van der Waals surface area contributed by atoms with Crippen LogP contribution in [-0.4, -0.2) is 35.8 Å². The molecule has 2 aromatic rings. The highest BCUT2D eigenvalue weighted by Crippen LogP contribution is 2.37. The molecule has 1 saturated heterocycles. The summed E-state index contributed by atoms with van der Waals surface area (Å²) in [5.41, 5.74) is 1.81. The summed E-state index contributed by atoms with van der Waals surface area (Å²) >= 11 is 3.52. The third kappa shape index (κ3) is 3.14. The Kier molecular flexibility index (Phi) is 4.44. The lowest BCUT2D eigenvalue weighted by Gasteiger charge is -2.43. The molecule has 0 aliphatic carbocycles. The van der Waals surface area contributed by atoms with Crippen LogP contribution in [0.5, 0.6) is 0 Å². The molecule has 5 heteroatoms. The van der Waals surface area contributed by atoms with E-state index in [1.54, 1.807) is 6.34 Å². The van der Waals surface area contributed by atoms with E-state index in [4.69, 9.17) is 0 Å². The average molecular weight is 398 g/mol. The maximum absolute atomic E-state index is 12.6. The molecule has 4 rings (SSSR count). The number of hydrogen-bond acceptors (Lipinski definition) is 3. The van der Waals surface area contributed by atoms with Crippen molar-refractivity contribution in [1.82, 2.24) is 4.90 Å². The third-order valence-corrected chi connectivity index (χ3v) is 5.66. The van der Waals surface area contributed by atoms with Gasteiger partial charge in [-0.25, -0.2) is 4.99 Å². The highest BCUT2D eigenvalue weighted by atomic mass is 79.9. The molecule has 2 heterocycles. The molecule has 128 valence electrons. The minimum atomic E-state index is -0.520. The molecule has 1 amide bonds. The van der Waals surface area contributed by atoms with Gasteiger partial charge in [-0.3, -0.25) is 9.69 Å². The van der Waals surface area contributed by atoms with Crippen LogP contribution in [0.2, 0.25) is 0 Å². The van der Waals surface area contributed by atoms with Crippen LogP contribution in [0, 0.1) is 0 Å². The van der Waals surface area contributed by atoms with Crippen molar-refractivity contribution in [1.29, 1.82) is 0 Å². The maximum atomic E-state index is 12.6. The minimum Gasteiger partial charge on any atom is -0.317 e. The van der Waals surface area contributed by atoms with Crippen LogP contribution in [0.15, 0.2) is 64.1 Å². The number of piperidine rings is 1. The highest BCUT2D eigenvalue weighted by Gasteiger charge is 2.49. The summed E-state index contributed by atoms with van der Waals surface area (Å²) in [4.78, 5) is 21.2. The minimum absolute atomic E-state index is 0.00756. The van der Waals surface area contributed by atoms with Gasteiger partial charge in [0.05, 0.1) is 6.34 Å². The molecule has 0 unspecified atom stereocenters. The van der Waals surface area contributed by atoms with Crippen LogP contribution in [-0.2, 0) is 11.3 Å². The number of carbonyl (C=O) groups is 1. The number of rotatable bonds is 3. The standard InChI is InChI=1S/C20H20BrN3O/c21-17-7-4-8-18(13-17)24-15-22-19(25)20(24)9-11-23(12-10-20)14-16-5-2-1-3-6-16/h1-8,13,15H,9-12,14H2. The molecule has 25 heavy (non-hydrogen) atoms. The molecule has 0 atom stereocenters.